The third-order valence-electron chi connectivity index (χ3n) is 4.49. The van der Waals surface area contributed by atoms with E-state index in [1.165, 1.54) is 0 Å². The van der Waals surface area contributed by atoms with Gasteiger partial charge in [-0.25, -0.2) is 4.98 Å². The number of fused-ring (bicyclic) bond motifs is 1. The lowest BCUT2D eigenvalue weighted by Crippen LogP contribution is -2.12. The SMILES string of the molecule is COc1ccccc1-c1cccc(-n2cnc3cc(/C(N)=N/O)ccc32)c1. The molecular weight excluding hydrogens is 340 g/mol. The molecule has 134 valence electrons. The molecule has 0 amide bonds. The first-order valence-corrected chi connectivity index (χ1v) is 8.40. The summed E-state index contributed by atoms with van der Waals surface area (Å²) in [4.78, 5) is 4.45. The highest BCUT2D eigenvalue weighted by Gasteiger charge is 2.10. The zero-order chi connectivity index (χ0) is 18.8. The van der Waals surface area contributed by atoms with Crippen molar-refractivity contribution >= 4 is 16.9 Å². The number of benzene rings is 3. The van der Waals surface area contributed by atoms with Gasteiger partial charge in [-0.2, -0.15) is 0 Å². The smallest absolute Gasteiger partial charge is 0.170 e. The minimum absolute atomic E-state index is 0.0598. The van der Waals surface area contributed by atoms with E-state index < -0.39 is 0 Å². The molecule has 0 bridgehead atoms. The number of para-hydroxylation sites is 1. The molecule has 0 saturated carbocycles. The van der Waals surface area contributed by atoms with Gasteiger partial charge in [-0.3, -0.25) is 4.57 Å². The summed E-state index contributed by atoms with van der Waals surface area (Å²) in [5, 5.41) is 11.9. The molecule has 3 N–H and O–H groups in total. The van der Waals surface area contributed by atoms with E-state index in [0.717, 1.165) is 33.6 Å². The molecule has 3 aromatic carbocycles. The highest BCUT2D eigenvalue weighted by Crippen LogP contribution is 2.31. The molecule has 0 atom stereocenters. The van der Waals surface area contributed by atoms with Crippen LogP contribution in [0.4, 0.5) is 0 Å². The van der Waals surface area contributed by atoms with E-state index in [1.807, 2.05) is 47.0 Å². The van der Waals surface area contributed by atoms with Crippen LogP contribution in [0.3, 0.4) is 0 Å². The number of nitrogens with two attached hydrogens (primary N) is 1. The largest absolute Gasteiger partial charge is 0.496 e. The summed E-state index contributed by atoms with van der Waals surface area (Å²) in [6, 6.07) is 21.6. The van der Waals surface area contributed by atoms with Crippen LogP contribution in [0.5, 0.6) is 5.75 Å². The van der Waals surface area contributed by atoms with E-state index in [4.69, 9.17) is 15.7 Å². The summed E-state index contributed by atoms with van der Waals surface area (Å²) < 4.78 is 7.49. The predicted molar refractivity (Wildman–Crippen MR) is 106 cm³/mol. The highest BCUT2D eigenvalue weighted by atomic mass is 16.5. The molecule has 6 nitrogen and oxygen atoms in total. The number of ether oxygens (including phenoxy) is 1. The van der Waals surface area contributed by atoms with Gasteiger partial charge in [0, 0.05) is 16.8 Å². The Bertz CT molecular complexity index is 1150. The Hall–Kier alpha value is -3.80. The van der Waals surface area contributed by atoms with E-state index in [9.17, 15) is 0 Å². The van der Waals surface area contributed by atoms with Crippen LogP contribution in [0.15, 0.2) is 78.2 Å². The molecule has 4 rings (SSSR count). The van der Waals surface area contributed by atoms with Crippen molar-refractivity contribution in [3.63, 3.8) is 0 Å². The summed E-state index contributed by atoms with van der Waals surface area (Å²) in [5.74, 6) is 0.887. The molecule has 0 spiro atoms. The Morgan fingerprint density at radius 1 is 1.07 bits per heavy atom. The second kappa shape index (κ2) is 6.84. The van der Waals surface area contributed by atoms with Crippen molar-refractivity contribution in [2.24, 2.45) is 10.9 Å². The molecule has 1 heterocycles. The number of hydrogen-bond donors (Lipinski definition) is 2. The molecule has 0 aliphatic heterocycles. The lowest BCUT2D eigenvalue weighted by Gasteiger charge is -2.11. The average molecular weight is 358 g/mol. The standard InChI is InChI=1S/C21H18N4O2/c1-27-20-8-3-2-7-17(20)14-5-4-6-16(11-14)25-13-23-18-12-15(21(22)24-26)9-10-19(18)25/h2-13,26H,1H3,(H2,22,24). The van der Waals surface area contributed by atoms with Crippen LogP contribution in [0.2, 0.25) is 0 Å². The van der Waals surface area contributed by atoms with E-state index in [2.05, 4.69) is 22.3 Å². The van der Waals surface area contributed by atoms with Gasteiger partial charge in [-0.05, 0) is 42.0 Å². The fraction of sp³-hybridized carbons (Fsp3) is 0.0476. The maximum atomic E-state index is 8.85. The van der Waals surface area contributed by atoms with Gasteiger partial charge < -0.3 is 15.7 Å². The van der Waals surface area contributed by atoms with Crippen LogP contribution in [0.1, 0.15) is 5.56 Å². The molecule has 0 aliphatic carbocycles. The van der Waals surface area contributed by atoms with E-state index in [1.54, 1.807) is 25.6 Å². The van der Waals surface area contributed by atoms with Crippen LogP contribution in [0.25, 0.3) is 27.8 Å². The molecule has 6 heteroatoms. The van der Waals surface area contributed by atoms with Crippen LogP contribution < -0.4 is 10.5 Å². The van der Waals surface area contributed by atoms with Gasteiger partial charge in [-0.1, -0.05) is 35.5 Å². The minimum Gasteiger partial charge on any atom is -0.496 e. The lowest BCUT2D eigenvalue weighted by atomic mass is 10.0. The molecule has 0 fully saturated rings. The van der Waals surface area contributed by atoms with Gasteiger partial charge in [0.2, 0.25) is 0 Å². The van der Waals surface area contributed by atoms with Crippen molar-refractivity contribution in [3.8, 4) is 22.6 Å². The first kappa shape index (κ1) is 16.7. The quantitative estimate of drug-likeness (QED) is 0.251. The van der Waals surface area contributed by atoms with Crippen molar-refractivity contribution in [1.82, 2.24) is 9.55 Å². The number of amidine groups is 1. The summed E-state index contributed by atoms with van der Waals surface area (Å²) in [7, 11) is 1.67. The van der Waals surface area contributed by atoms with E-state index in [-0.39, 0.29) is 5.84 Å². The maximum Gasteiger partial charge on any atom is 0.170 e. The molecule has 1 aromatic heterocycles. The van der Waals surface area contributed by atoms with Crippen molar-refractivity contribution in [2.45, 2.75) is 0 Å². The molecule has 4 aromatic rings. The molecular formula is C21H18N4O2. The molecule has 0 radical (unpaired) electrons. The van der Waals surface area contributed by atoms with Gasteiger partial charge in [-0.15, -0.1) is 0 Å². The Balaban J connectivity index is 1.81. The average Bonchev–Trinajstić information content (AvgIpc) is 3.16. The van der Waals surface area contributed by atoms with Crippen LogP contribution >= 0.6 is 0 Å². The second-order valence-electron chi connectivity index (χ2n) is 6.05. The number of hydrogen-bond acceptors (Lipinski definition) is 4. The van der Waals surface area contributed by atoms with Crippen LogP contribution in [-0.4, -0.2) is 27.7 Å². The van der Waals surface area contributed by atoms with Crippen molar-refractivity contribution in [2.75, 3.05) is 7.11 Å². The summed E-state index contributed by atoms with van der Waals surface area (Å²) in [6.07, 6.45) is 1.77. The number of methoxy groups -OCH3 is 1. The Kier molecular flexibility index (Phi) is 4.22. The molecule has 0 aliphatic rings. The van der Waals surface area contributed by atoms with Gasteiger partial charge >= 0.3 is 0 Å². The maximum absolute atomic E-state index is 8.85. The topological polar surface area (TPSA) is 85.7 Å². The number of aromatic nitrogens is 2. The second-order valence-corrected chi connectivity index (χ2v) is 6.05. The van der Waals surface area contributed by atoms with Crippen LogP contribution in [0, 0.1) is 0 Å². The Morgan fingerprint density at radius 2 is 1.93 bits per heavy atom. The minimum atomic E-state index is 0.0598. The molecule has 0 unspecified atom stereocenters. The fourth-order valence-corrected chi connectivity index (χ4v) is 3.14. The number of nitrogens with zero attached hydrogens (tertiary/aromatic N) is 3. The zero-order valence-corrected chi connectivity index (χ0v) is 14.7. The summed E-state index contributed by atoms with van der Waals surface area (Å²) in [5.41, 5.74) is 11.1. The van der Waals surface area contributed by atoms with E-state index in [0.29, 0.717) is 5.56 Å². The number of imidazole rings is 1. The van der Waals surface area contributed by atoms with Gasteiger partial charge in [0.1, 0.15) is 12.1 Å². The van der Waals surface area contributed by atoms with Gasteiger partial charge in [0.05, 0.1) is 18.1 Å². The third kappa shape index (κ3) is 2.97. The molecule has 27 heavy (non-hydrogen) atoms. The monoisotopic (exact) mass is 358 g/mol. The van der Waals surface area contributed by atoms with E-state index >= 15 is 0 Å². The molecule has 0 saturated heterocycles. The first-order chi connectivity index (χ1) is 13.2. The highest BCUT2D eigenvalue weighted by molar-refractivity contribution is 5.99. The van der Waals surface area contributed by atoms with Crippen LogP contribution in [-0.2, 0) is 0 Å². The van der Waals surface area contributed by atoms with Crippen molar-refractivity contribution < 1.29 is 9.94 Å². The first-order valence-electron chi connectivity index (χ1n) is 8.40. The normalized spacial score (nSPS) is 11.7. The third-order valence-corrected chi connectivity index (χ3v) is 4.49. The predicted octanol–water partition coefficient (Wildman–Crippen LogP) is 3.80. The van der Waals surface area contributed by atoms with Gasteiger partial charge in [0.25, 0.3) is 0 Å². The van der Waals surface area contributed by atoms with Gasteiger partial charge in [0.15, 0.2) is 5.84 Å². The van der Waals surface area contributed by atoms with Crippen molar-refractivity contribution in [1.29, 1.82) is 0 Å². The summed E-state index contributed by atoms with van der Waals surface area (Å²) in [6.45, 7) is 0. The fourth-order valence-electron chi connectivity index (χ4n) is 3.14. The lowest BCUT2D eigenvalue weighted by molar-refractivity contribution is 0.318. The number of rotatable bonds is 4. The Labute approximate surface area is 156 Å². The number of oxime groups is 1. The van der Waals surface area contributed by atoms with Crippen molar-refractivity contribution in [3.05, 3.63) is 78.6 Å². The Morgan fingerprint density at radius 3 is 2.74 bits per heavy atom. The summed E-state index contributed by atoms with van der Waals surface area (Å²) >= 11 is 0. The zero-order valence-electron chi connectivity index (χ0n) is 14.7.